The summed E-state index contributed by atoms with van der Waals surface area (Å²) in [5.41, 5.74) is 3.42. The number of rotatable bonds is 6. The highest BCUT2D eigenvalue weighted by atomic mass is 32.2. The summed E-state index contributed by atoms with van der Waals surface area (Å²) in [6, 6.07) is 6.42. The second-order valence-electron chi connectivity index (χ2n) is 8.45. The number of anilines is 1. The summed E-state index contributed by atoms with van der Waals surface area (Å²) in [6.45, 7) is 3.71. The van der Waals surface area contributed by atoms with E-state index in [9.17, 15) is 14.0 Å². The number of hydrogen-bond donors (Lipinski definition) is 2. The number of carbonyl (C=O) groups excluding carboxylic acids is 1. The summed E-state index contributed by atoms with van der Waals surface area (Å²) in [7, 11) is 0. The molecule has 176 valence electrons. The average Bonchev–Trinajstić information content (AvgIpc) is 3.32. The lowest BCUT2D eigenvalue weighted by atomic mass is 9.97. The number of amides is 1. The van der Waals surface area contributed by atoms with Gasteiger partial charge in [-0.05, 0) is 69.4 Å². The monoisotopic (exact) mass is 497 g/mol. The van der Waals surface area contributed by atoms with Crippen LogP contribution >= 0.6 is 23.1 Å². The van der Waals surface area contributed by atoms with Gasteiger partial charge in [-0.15, -0.1) is 23.1 Å². The Morgan fingerprint density at radius 2 is 2.09 bits per heavy atom. The molecule has 0 fully saturated rings. The lowest BCUT2D eigenvalue weighted by Crippen LogP contribution is -2.16. The fraction of sp³-hybridized carbons (Fsp3) is 0.333. The smallest absolute Gasteiger partial charge is 0.259 e. The van der Waals surface area contributed by atoms with Crippen molar-refractivity contribution in [1.29, 1.82) is 0 Å². The van der Waals surface area contributed by atoms with Gasteiger partial charge < -0.3 is 10.3 Å². The molecule has 0 bridgehead atoms. The summed E-state index contributed by atoms with van der Waals surface area (Å²) in [5.74, 6) is 0.411. The zero-order valence-electron chi connectivity index (χ0n) is 18.9. The van der Waals surface area contributed by atoms with Gasteiger partial charge in [-0.25, -0.2) is 14.1 Å². The van der Waals surface area contributed by atoms with Crippen molar-refractivity contribution in [2.24, 2.45) is 0 Å². The van der Waals surface area contributed by atoms with Crippen molar-refractivity contribution in [1.82, 2.24) is 19.7 Å². The highest BCUT2D eigenvalue weighted by Gasteiger charge is 2.20. The molecule has 1 aliphatic rings. The van der Waals surface area contributed by atoms with E-state index in [2.05, 4.69) is 20.4 Å². The molecular weight excluding hydrogens is 473 g/mol. The molecule has 10 heteroatoms. The predicted molar refractivity (Wildman–Crippen MR) is 135 cm³/mol. The zero-order valence-corrected chi connectivity index (χ0v) is 20.5. The predicted octanol–water partition coefficient (Wildman–Crippen LogP) is 4.68. The number of hydrogen-bond acceptors (Lipinski definition) is 6. The largest absolute Gasteiger partial charge is 0.325 e. The van der Waals surface area contributed by atoms with Gasteiger partial charge in [0.2, 0.25) is 5.91 Å². The number of nitrogens with one attached hydrogen (secondary N) is 2. The molecule has 0 saturated heterocycles. The number of thioether (sulfide) groups is 1. The summed E-state index contributed by atoms with van der Waals surface area (Å²) in [5, 5.41) is 7.76. The molecule has 34 heavy (non-hydrogen) atoms. The summed E-state index contributed by atoms with van der Waals surface area (Å²) in [6.07, 6.45) is 4.23. The zero-order chi connectivity index (χ0) is 23.8. The number of halogens is 1. The van der Waals surface area contributed by atoms with Crippen LogP contribution in [-0.4, -0.2) is 31.4 Å². The summed E-state index contributed by atoms with van der Waals surface area (Å²) in [4.78, 5) is 34.6. The third-order valence-corrected chi connectivity index (χ3v) is 7.94. The molecule has 7 nitrogen and oxygen atoms in total. The topological polar surface area (TPSA) is 92.7 Å². The Balaban J connectivity index is 1.21. The van der Waals surface area contributed by atoms with Gasteiger partial charge >= 0.3 is 0 Å². The number of aromatic amines is 1. The van der Waals surface area contributed by atoms with E-state index in [1.807, 2.05) is 19.9 Å². The second kappa shape index (κ2) is 9.34. The third-order valence-electron chi connectivity index (χ3n) is 5.82. The van der Waals surface area contributed by atoms with E-state index in [0.717, 1.165) is 52.9 Å². The lowest BCUT2D eigenvalue weighted by Gasteiger charge is -2.10. The molecule has 0 unspecified atom stereocenters. The van der Waals surface area contributed by atoms with E-state index < -0.39 is 5.82 Å². The molecule has 1 aliphatic carbocycles. The first-order chi connectivity index (χ1) is 16.4. The molecule has 1 amide bonds. The third kappa shape index (κ3) is 4.52. The number of aryl methyl sites for hydroxylation is 4. The van der Waals surface area contributed by atoms with Crippen molar-refractivity contribution in [3.63, 3.8) is 0 Å². The van der Waals surface area contributed by atoms with Crippen molar-refractivity contribution in [3.05, 3.63) is 68.1 Å². The molecule has 2 N–H and O–H groups in total. The van der Waals surface area contributed by atoms with Crippen LogP contribution in [0.15, 0.2) is 29.1 Å². The minimum absolute atomic E-state index is 0.0948. The number of benzene rings is 1. The van der Waals surface area contributed by atoms with Gasteiger partial charge in [0.1, 0.15) is 16.3 Å². The van der Waals surface area contributed by atoms with Crippen LogP contribution in [0, 0.1) is 19.7 Å². The minimum atomic E-state index is -0.467. The molecule has 3 aromatic heterocycles. The fourth-order valence-corrected chi connectivity index (χ4v) is 6.31. The number of aromatic nitrogens is 4. The first kappa shape index (κ1) is 22.8. The fourth-order valence-electron chi connectivity index (χ4n) is 4.34. The number of thiophene rings is 1. The van der Waals surface area contributed by atoms with Crippen LogP contribution in [-0.2, 0) is 23.4 Å². The summed E-state index contributed by atoms with van der Waals surface area (Å²) >= 11 is 2.96. The maximum atomic E-state index is 14.6. The number of carbonyl (C=O) groups is 1. The standard InChI is InChI=1S/C24H24FN5O2S2/c1-13-9-14(2)30(29-13)18-8-7-15(10-17(18)25)26-21(31)12-33-11-20-27-23(32)22-16-5-3-4-6-19(16)34-24(22)28-20/h7-10H,3-6,11-12H2,1-2H3,(H,26,31)(H,27,28,32). The molecule has 1 aromatic carbocycles. The first-order valence-electron chi connectivity index (χ1n) is 11.1. The van der Waals surface area contributed by atoms with E-state index >= 15 is 0 Å². The molecule has 4 aromatic rings. The number of fused-ring (bicyclic) bond motifs is 3. The van der Waals surface area contributed by atoms with Crippen molar-refractivity contribution in [3.8, 4) is 5.69 Å². The molecule has 3 heterocycles. The van der Waals surface area contributed by atoms with Gasteiger partial charge in [0.25, 0.3) is 5.56 Å². The van der Waals surface area contributed by atoms with Crippen LogP contribution in [0.4, 0.5) is 10.1 Å². The van der Waals surface area contributed by atoms with Crippen molar-refractivity contribution in [2.75, 3.05) is 11.1 Å². The molecule has 0 atom stereocenters. The lowest BCUT2D eigenvalue weighted by molar-refractivity contribution is -0.113. The van der Waals surface area contributed by atoms with Gasteiger partial charge in [0.05, 0.1) is 22.6 Å². The Bertz CT molecular complexity index is 1460. The van der Waals surface area contributed by atoms with Crippen molar-refractivity contribution >= 4 is 44.9 Å². The van der Waals surface area contributed by atoms with Gasteiger partial charge in [-0.3, -0.25) is 9.59 Å². The first-order valence-corrected chi connectivity index (χ1v) is 13.1. The van der Waals surface area contributed by atoms with E-state index in [1.54, 1.807) is 28.2 Å². The van der Waals surface area contributed by atoms with Gasteiger partial charge in [0, 0.05) is 16.3 Å². The molecule has 0 saturated carbocycles. The Morgan fingerprint density at radius 3 is 2.85 bits per heavy atom. The second-order valence-corrected chi connectivity index (χ2v) is 10.5. The van der Waals surface area contributed by atoms with Gasteiger partial charge in [0.15, 0.2) is 5.82 Å². The highest BCUT2D eigenvalue weighted by molar-refractivity contribution is 7.99. The molecule has 0 radical (unpaired) electrons. The SMILES string of the molecule is Cc1cc(C)n(-c2ccc(NC(=O)CSCc3nc4sc5c(c4c(=O)[nH]3)CCCC5)cc2F)n1. The number of H-pyrrole nitrogens is 1. The van der Waals surface area contributed by atoms with Gasteiger partial charge in [-0.1, -0.05) is 0 Å². The van der Waals surface area contributed by atoms with E-state index in [4.69, 9.17) is 0 Å². The van der Waals surface area contributed by atoms with Crippen LogP contribution in [0.25, 0.3) is 15.9 Å². The Morgan fingerprint density at radius 1 is 1.26 bits per heavy atom. The Hall–Kier alpha value is -2.98. The van der Waals surface area contributed by atoms with E-state index in [0.29, 0.717) is 23.0 Å². The quantitative estimate of drug-likeness (QED) is 0.404. The minimum Gasteiger partial charge on any atom is -0.325 e. The maximum absolute atomic E-state index is 14.6. The molecular formula is C24H24FN5O2S2. The maximum Gasteiger partial charge on any atom is 0.259 e. The van der Waals surface area contributed by atoms with E-state index in [-0.39, 0.29) is 17.2 Å². The van der Waals surface area contributed by atoms with E-state index in [1.165, 1.54) is 22.7 Å². The summed E-state index contributed by atoms with van der Waals surface area (Å²) < 4.78 is 16.2. The molecule has 0 aliphatic heterocycles. The van der Waals surface area contributed by atoms with Crippen LogP contribution in [0.2, 0.25) is 0 Å². The van der Waals surface area contributed by atoms with Crippen LogP contribution in [0.1, 0.15) is 40.5 Å². The molecule has 0 spiro atoms. The Labute approximate surface area is 203 Å². The normalized spacial score (nSPS) is 13.3. The van der Waals surface area contributed by atoms with Crippen LogP contribution < -0.4 is 10.9 Å². The van der Waals surface area contributed by atoms with Crippen LogP contribution in [0.5, 0.6) is 0 Å². The van der Waals surface area contributed by atoms with Crippen LogP contribution in [0.3, 0.4) is 0 Å². The number of nitrogens with zero attached hydrogens (tertiary/aromatic N) is 3. The Kier molecular flexibility index (Phi) is 6.26. The van der Waals surface area contributed by atoms with Gasteiger partial charge in [-0.2, -0.15) is 5.10 Å². The highest BCUT2D eigenvalue weighted by Crippen LogP contribution is 2.33. The van der Waals surface area contributed by atoms with Crippen molar-refractivity contribution in [2.45, 2.75) is 45.3 Å². The average molecular weight is 498 g/mol. The van der Waals surface area contributed by atoms with Crippen molar-refractivity contribution < 1.29 is 9.18 Å². The molecule has 5 rings (SSSR count).